The smallest absolute Gasteiger partial charge is 0.0752 e. The Bertz CT molecular complexity index is 417. The van der Waals surface area contributed by atoms with Gasteiger partial charge in [0.1, 0.15) is 0 Å². The van der Waals surface area contributed by atoms with Crippen molar-refractivity contribution >= 4 is 27.3 Å². The summed E-state index contributed by atoms with van der Waals surface area (Å²) in [6.07, 6.45) is 8.72. The quantitative estimate of drug-likeness (QED) is 0.881. The van der Waals surface area contributed by atoms with E-state index in [-0.39, 0.29) is 0 Å². The highest BCUT2D eigenvalue weighted by Crippen LogP contribution is 2.33. The predicted octanol–water partition coefficient (Wildman–Crippen LogP) is 2.47. The van der Waals surface area contributed by atoms with Gasteiger partial charge in [0, 0.05) is 24.8 Å². The Morgan fingerprint density at radius 1 is 1.28 bits per heavy atom. The normalized spacial score (nSPS) is 28.1. The van der Waals surface area contributed by atoms with E-state index >= 15 is 0 Å². The summed E-state index contributed by atoms with van der Waals surface area (Å²) in [7, 11) is 0. The zero-order valence-corrected chi connectivity index (χ0v) is 12.0. The van der Waals surface area contributed by atoms with Gasteiger partial charge in [-0.2, -0.15) is 0 Å². The van der Waals surface area contributed by atoms with Crippen LogP contribution in [0.4, 0.5) is 11.4 Å². The molecule has 0 aromatic carbocycles. The van der Waals surface area contributed by atoms with Crippen molar-refractivity contribution < 1.29 is 0 Å². The lowest BCUT2D eigenvalue weighted by atomic mass is 9.99. The number of nitrogens with two attached hydrogens (primary N) is 1. The molecule has 1 aromatic heterocycles. The molecule has 2 fully saturated rings. The Morgan fingerprint density at radius 2 is 2.17 bits per heavy atom. The van der Waals surface area contributed by atoms with Crippen LogP contribution in [0.15, 0.2) is 16.9 Å². The summed E-state index contributed by atoms with van der Waals surface area (Å²) in [6, 6.07) is 1.20. The molecule has 3 rings (SSSR count). The number of nitrogen functional groups attached to an aromatic ring is 1. The molecule has 1 aromatic rings. The van der Waals surface area contributed by atoms with E-state index in [1.165, 1.54) is 38.8 Å². The molecule has 18 heavy (non-hydrogen) atoms. The topological polar surface area (TPSA) is 54.2 Å². The van der Waals surface area contributed by atoms with Gasteiger partial charge < -0.3 is 11.1 Å². The third kappa shape index (κ3) is 2.21. The maximum Gasteiger partial charge on any atom is 0.0752 e. The fraction of sp³-hybridized carbons (Fsp3) is 0.615. The molecular formula is C13H19BrN4. The van der Waals surface area contributed by atoms with Crippen molar-refractivity contribution in [3.8, 4) is 0 Å². The molecule has 98 valence electrons. The van der Waals surface area contributed by atoms with Crippen molar-refractivity contribution in [2.45, 2.75) is 37.8 Å². The van der Waals surface area contributed by atoms with E-state index in [1.54, 1.807) is 12.4 Å². The van der Waals surface area contributed by atoms with Crippen molar-refractivity contribution in [1.29, 1.82) is 0 Å². The summed E-state index contributed by atoms with van der Waals surface area (Å²) in [4.78, 5) is 6.70. The molecule has 2 saturated heterocycles. The van der Waals surface area contributed by atoms with Crippen molar-refractivity contribution in [1.82, 2.24) is 9.88 Å². The van der Waals surface area contributed by atoms with Crippen molar-refractivity contribution in [2.24, 2.45) is 0 Å². The minimum atomic E-state index is 0.520. The molecular weight excluding hydrogens is 292 g/mol. The molecule has 0 bridgehead atoms. The van der Waals surface area contributed by atoms with Gasteiger partial charge in [0.25, 0.3) is 0 Å². The number of piperidine rings is 1. The average Bonchev–Trinajstić information content (AvgIpc) is 2.77. The van der Waals surface area contributed by atoms with Gasteiger partial charge in [-0.1, -0.05) is 6.42 Å². The van der Waals surface area contributed by atoms with E-state index in [0.29, 0.717) is 12.1 Å². The number of aromatic nitrogens is 1. The number of hydrogen-bond acceptors (Lipinski definition) is 4. The zero-order valence-electron chi connectivity index (χ0n) is 10.4. The van der Waals surface area contributed by atoms with Crippen LogP contribution in [-0.4, -0.2) is 35.1 Å². The van der Waals surface area contributed by atoms with Gasteiger partial charge in [0.05, 0.1) is 22.0 Å². The summed E-state index contributed by atoms with van der Waals surface area (Å²) in [6.45, 7) is 2.47. The van der Waals surface area contributed by atoms with E-state index in [9.17, 15) is 0 Å². The molecule has 0 spiro atoms. The van der Waals surface area contributed by atoms with Gasteiger partial charge in [0.15, 0.2) is 0 Å². The molecule has 0 aliphatic carbocycles. The first kappa shape index (κ1) is 12.2. The van der Waals surface area contributed by atoms with Crippen LogP contribution in [0.1, 0.15) is 25.7 Å². The van der Waals surface area contributed by atoms with E-state index in [0.717, 1.165) is 15.8 Å². The molecule has 2 aliphatic heterocycles. The van der Waals surface area contributed by atoms with E-state index in [4.69, 9.17) is 5.73 Å². The molecule has 2 unspecified atom stereocenters. The summed E-state index contributed by atoms with van der Waals surface area (Å²) < 4.78 is 0.955. The molecule has 0 amide bonds. The summed E-state index contributed by atoms with van der Waals surface area (Å²) in [5.74, 6) is 0. The molecule has 2 aliphatic rings. The highest BCUT2D eigenvalue weighted by molar-refractivity contribution is 9.10. The number of nitrogens with one attached hydrogen (secondary N) is 1. The Labute approximate surface area is 116 Å². The van der Waals surface area contributed by atoms with Gasteiger partial charge >= 0.3 is 0 Å². The maximum absolute atomic E-state index is 6.00. The summed E-state index contributed by atoms with van der Waals surface area (Å²) >= 11 is 3.52. The number of rotatable bonds is 2. The van der Waals surface area contributed by atoms with Crippen LogP contribution in [0, 0.1) is 0 Å². The third-order valence-corrected chi connectivity index (χ3v) is 4.72. The molecule has 0 saturated carbocycles. The lowest BCUT2D eigenvalue weighted by molar-refractivity contribution is 0.193. The average molecular weight is 311 g/mol. The van der Waals surface area contributed by atoms with Crippen LogP contribution in [0.25, 0.3) is 0 Å². The molecule has 3 heterocycles. The first-order valence-corrected chi connectivity index (χ1v) is 7.44. The Hall–Kier alpha value is -0.810. The molecule has 2 atom stereocenters. The second-order valence-corrected chi connectivity index (χ2v) is 6.08. The summed E-state index contributed by atoms with van der Waals surface area (Å²) in [5, 5.41) is 3.62. The van der Waals surface area contributed by atoms with Crippen LogP contribution in [-0.2, 0) is 0 Å². The predicted molar refractivity (Wildman–Crippen MR) is 77.6 cm³/mol. The van der Waals surface area contributed by atoms with Crippen LogP contribution in [0.3, 0.4) is 0 Å². The van der Waals surface area contributed by atoms with Gasteiger partial charge in [-0.25, -0.2) is 0 Å². The van der Waals surface area contributed by atoms with E-state index in [1.807, 2.05) is 0 Å². The van der Waals surface area contributed by atoms with Crippen LogP contribution >= 0.6 is 15.9 Å². The number of hydrogen-bond donors (Lipinski definition) is 2. The van der Waals surface area contributed by atoms with Gasteiger partial charge in [-0.15, -0.1) is 0 Å². The first-order chi connectivity index (χ1) is 8.75. The molecule has 4 nitrogen and oxygen atoms in total. The highest BCUT2D eigenvalue weighted by Gasteiger charge is 2.35. The van der Waals surface area contributed by atoms with Crippen LogP contribution < -0.4 is 11.1 Å². The van der Waals surface area contributed by atoms with E-state index in [2.05, 4.69) is 31.1 Å². The largest absolute Gasteiger partial charge is 0.396 e. The number of anilines is 2. The number of nitrogens with zero attached hydrogens (tertiary/aromatic N) is 2. The fourth-order valence-electron chi connectivity index (χ4n) is 3.20. The molecule has 3 N–H and O–H groups in total. The minimum absolute atomic E-state index is 0.520. The van der Waals surface area contributed by atoms with Gasteiger partial charge in [0.2, 0.25) is 0 Å². The Kier molecular flexibility index (Phi) is 3.43. The third-order valence-electron chi connectivity index (χ3n) is 4.11. The van der Waals surface area contributed by atoms with Crippen molar-refractivity contribution in [3.63, 3.8) is 0 Å². The van der Waals surface area contributed by atoms with Crippen molar-refractivity contribution in [2.75, 3.05) is 24.1 Å². The highest BCUT2D eigenvalue weighted by atomic mass is 79.9. The zero-order chi connectivity index (χ0) is 12.5. The van der Waals surface area contributed by atoms with Crippen LogP contribution in [0.5, 0.6) is 0 Å². The number of halogens is 1. The number of pyridine rings is 1. The summed E-state index contributed by atoms with van der Waals surface area (Å²) in [5.41, 5.74) is 7.72. The van der Waals surface area contributed by atoms with Gasteiger partial charge in [-0.3, -0.25) is 9.88 Å². The molecule has 5 heteroatoms. The SMILES string of the molecule is Nc1cncc(Br)c1NC1CCN2CCCCC12. The Morgan fingerprint density at radius 3 is 3.00 bits per heavy atom. The lowest BCUT2D eigenvalue weighted by Crippen LogP contribution is -2.41. The minimum Gasteiger partial charge on any atom is -0.396 e. The lowest BCUT2D eigenvalue weighted by Gasteiger charge is -2.33. The molecule has 0 radical (unpaired) electrons. The Balaban J connectivity index is 1.76. The monoisotopic (exact) mass is 310 g/mol. The standard InChI is InChI=1S/C13H19BrN4/c14-9-7-16-8-10(15)13(9)17-11-4-6-18-5-2-1-3-12(11)18/h7-8,11-12H,1-6,15H2,(H,16,17). The second-order valence-electron chi connectivity index (χ2n) is 5.22. The van der Waals surface area contributed by atoms with Gasteiger partial charge in [-0.05, 0) is 41.7 Å². The second kappa shape index (κ2) is 5.05. The maximum atomic E-state index is 6.00. The first-order valence-electron chi connectivity index (χ1n) is 6.65. The van der Waals surface area contributed by atoms with E-state index < -0.39 is 0 Å². The van der Waals surface area contributed by atoms with Crippen molar-refractivity contribution in [3.05, 3.63) is 16.9 Å². The number of fused-ring (bicyclic) bond motifs is 1. The fourth-order valence-corrected chi connectivity index (χ4v) is 3.66. The van der Waals surface area contributed by atoms with Crippen LogP contribution in [0.2, 0.25) is 0 Å².